The SMILES string of the molecule is CS(=O)(=O)c1ccc(S(=O)(=O)Cl)s1. The van der Waals surface area contributed by atoms with Crippen LogP contribution in [0, 0.1) is 0 Å². The first-order chi connectivity index (χ1) is 5.71. The van der Waals surface area contributed by atoms with E-state index in [4.69, 9.17) is 10.7 Å². The summed E-state index contributed by atoms with van der Waals surface area (Å²) in [5, 5.41) is 0. The number of halogens is 1. The Labute approximate surface area is 84.5 Å². The number of rotatable bonds is 2. The molecule has 0 saturated carbocycles. The van der Waals surface area contributed by atoms with Crippen LogP contribution in [0.2, 0.25) is 0 Å². The first-order valence-electron chi connectivity index (χ1n) is 2.96. The molecule has 0 fully saturated rings. The molecule has 0 saturated heterocycles. The summed E-state index contributed by atoms with van der Waals surface area (Å²) >= 11 is 0.639. The summed E-state index contributed by atoms with van der Waals surface area (Å²) in [6.07, 6.45) is 1.00. The lowest BCUT2D eigenvalue weighted by atomic mass is 10.7. The van der Waals surface area contributed by atoms with Gasteiger partial charge >= 0.3 is 0 Å². The molecular formula is C5H5ClO4S3. The molecule has 13 heavy (non-hydrogen) atoms. The third-order valence-electron chi connectivity index (χ3n) is 1.16. The fraction of sp³-hybridized carbons (Fsp3) is 0.200. The molecule has 1 rings (SSSR count). The Morgan fingerprint density at radius 3 is 1.85 bits per heavy atom. The average Bonchev–Trinajstić information content (AvgIpc) is 2.28. The van der Waals surface area contributed by atoms with Crippen molar-refractivity contribution in [3.8, 4) is 0 Å². The minimum absolute atomic E-state index is 0.00766. The largest absolute Gasteiger partial charge is 0.270 e. The summed E-state index contributed by atoms with van der Waals surface area (Å²) in [6.45, 7) is 0. The van der Waals surface area contributed by atoms with Gasteiger partial charge in [0, 0.05) is 16.9 Å². The van der Waals surface area contributed by atoms with Gasteiger partial charge in [0.2, 0.25) is 0 Å². The van der Waals surface area contributed by atoms with E-state index in [1.54, 1.807) is 0 Å². The van der Waals surface area contributed by atoms with Gasteiger partial charge in [0.05, 0.1) is 0 Å². The molecule has 0 radical (unpaired) electrons. The Morgan fingerprint density at radius 2 is 1.62 bits per heavy atom. The molecule has 0 spiro atoms. The van der Waals surface area contributed by atoms with Crippen LogP contribution in [0.1, 0.15) is 0 Å². The number of hydrogen-bond donors (Lipinski definition) is 0. The van der Waals surface area contributed by atoms with Crippen molar-refractivity contribution in [2.24, 2.45) is 0 Å². The normalized spacial score (nSPS) is 13.1. The zero-order valence-electron chi connectivity index (χ0n) is 6.39. The third kappa shape index (κ3) is 2.67. The number of sulfone groups is 1. The van der Waals surface area contributed by atoms with Gasteiger partial charge in [0.25, 0.3) is 9.05 Å². The van der Waals surface area contributed by atoms with Gasteiger partial charge in [0.1, 0.15) is 8.42 Å². The zero-order valence-corrected chi connectivity index (χ0v) is 9.60. The quantitative estimate of drug-likeness (QED) is 0.746. The van der Waals surface area contributed by atoms with Gasteiger partial charge in [-0.2, -0.15) is 0 Å². The van der Waals surface area contributed by atoms with Gasteiger partial charge in [-0.3, -0.25) is 0 Å². The maximum absolute atomic E-state index is 10.9. The zero-order chi connectivity index (χ0) is 10.3. The van der Waals surface area contributed by atoms with Gasteiger partial charge in [-0.05, 0) is 12.1 Å². The van der Waals surface area contributed by atoms with Gasteiger partial charge in [-0.15, -0.1) is 11.3 Å². The molecule has 0 bridgehead atoms. The maximum Gasteiger partial charge on any atom is 0.270 e. The van der Waals surface area contributed by atoms with Crippen molar-refractivity contribution in [3.05, 3.63) is 12.1 Å². The van der Waals surface area contributed by atoms with E-state index in [0.717, 1.165) is 6.26 Å². The van der Waals surface area contributed by atoms with Crippen molar-refractivity contribution in [3.63, 3.8) is 0 Å². The summed E-state index contributed by atoms with van der Waals surface area (Å²) in [4.78, 5) is 0. The molecule has 0 atom stereocenters. The van der Waals surface area contributed by atoms with Crippen molar-refractivity contribution in [2.75, 3.05) is 6.26 Å². The van der Waals surface area contributed by atoms with E-state index in [9.17, 15) is 16.8 Å². The van der Waals surface area contributed by atoms with Crippen LogP contribution >= 0.6 is 22.0 Å². The topological polar surface area (TPSA) is 68.3 Å². The van der Waals surface area contributed by atoms with Crippen LogP contribution in [0.3, 0.4) is 0 Å². The highest BCUT2D eigenvalue weighted by molar-refractivity contribution is 8.15. The van der Waals surface area contributed by atoms with Crippen molar-refractivity contribution in [1.29, 1.82) is 0 Å². The van der Waals surface area contributed by atoms with Crippen molar-refractivity contribution >= 4 is 40.9 Å². The molecule has 0 aliphatic heterocycles. The molecule has 0 aliphatic carbocycles. The van der Waals surface area contributed by atoms with E-state index >= 15 is 0 Å². The van der Waals surface area contributed by atoms with Crippen LogP contribution in [0.25, 0.3) is 0 Å². The molecule has 0 N–H and O–H groups in total. The molecule has 0 amide bonds. The minimum atomic E-state index is -3.82. The lowest BCUT2D eigenvalue weighted by molar-refractivity contribution is 0.603. The molecule has 0 aromatic carbocycles. The summed E-state index contributed by atoms with van der Waals surface area (Å²) in [5.41, 5.74) is 0. The van der Waals surface area contributed by atoms with Gasteiger partial charge < -0.3 is 0 Å². The molecule has 1 aromatic heterocycles. The molecule has 0 aliphatic rings. The Balaban J connectivity index is 3.32. The highest BCUT2D eigenvalue weighted by atomic mass is 35.7. The highest BCUT2D eigenvalue weighted by Crippen LogP contribution is 2.27. The van der Waals surface area contributed by atoms with E-state index < -0.39 is 18.9 Å². The smallest absolute Gasteiger partial charge is 0.223 e. The fourth-order valence-corrected chi connectivity index (χ4v) is 3.79. The minimum Gasteiger partial charge on any atom is -0.223 e. The van der Waals surface area contributed by atoms with Crippen molar-refractivity contribution < 1.29 is 16.8 Å². The predicted molar refractivity (Wildman–Crippen MR) is 50.5 cm³/mol. The van der Waals surface area contributed by atoms with E-state index in [0.29, 0.717) is 11.3 Å². The first-order valence-corrected chi connectivity index (χ1v) is 7.97. The van der Waals surface area contributed by atoms with Crippen molar-refractivity contribution in [1.82, 2.24) is 0 Å². The van der Waals surface area contributed by atoms with Crippen LogP contribution in [0.15, 0.2) is 20.6 Å². The van der Waals surface area contributed by atoms with E-state index in [2.05, 4.69) is 0 Å². The molecule has 1 aromatic rings. The van der Waals surface area contributed by atoms with E-state index in [1.807, 2.05) is 0 Å². The van der Waals surface area contributed by atoms with Gasteiger partial charge in [0.15, 0.2) is 9.84 Å². The standard InChI is InChI=1S/C5H5ClO4S3/c1-12(7,8)4-2-3-5(11-4)13(6,9)10/h2-3H,1H3. The molecule has 4 nitrogen and oxygen atoms in total. The Bertz CT molecular complexity index is 463. The number of thiophene rings is 1. The second kappa shape index (κ2) is 3.23. The average molecular weight is 261 g/mol. The summed E-state index contributed by atoms with van der Waals surface area (Å²) in [6, 6.07) is 2.39. The van der Waals surface area contributed by atoms with Crippen LogP contribution < -0.4 is 0 Å². The predicted octanol–water partition coefficient (Wildman–Crippen LogP) is 1.08. The van der Waals surface area contributed by atoms with Gasteiger partial charge in [-0.1, -0.05) is 0 Å². The molecule has 0 unspecified atom stereocenters. The van der Waals surface area contributed by atoms with E-state index in [1.165, 1.54) is 12.1 Å². The van der Waals surface area contributed by atoms with Gasteiger partial charge in [-0.25, -0.2) is 16.8 Å². The molecule has 8 heteroatoms. The van der Waals surface area contributed by atoms with E-state index in [-0.39, 0.29) is 8.42 Å². The monoisotopic (exact) mass is 260 g/mol. The summed E-state index contributed by atoms with van der Waals surface area (Å²) in [7, 11) is -2.15. The van der Waals surface area contributed by atoms with Crippen LogP contribution in [-0.2, 0) is 18.9 Å². The second-order valence-electron chi connectivity index (χ2n) is 2.28. The molecule has 74 valence electrons. The Kier molecular flexibility index (Phi) is 2.73. The molecule has 1 heterocycles. The maximum atomic E-state index is 10.9. The number of hydrogen-bond acceptors (Lipinski definition) is 5. The fourth-order valence-electron chi connectivity index (χ4n) is 0.634. The summed E-state index contributed by atoms with van der Waals surface area (Å²) < 4.78 is 43.2. The lowest BCUT2D eigenvalue weighted by Gasteiger charge is -1.88. The first kappa shape index (κ1) is 11.0. The highest BCUT2D eigenvalue weighted by Gasteiger charge is 2.17. The third-order valence-corrected chi connectivity index (χ3v) is 6.16. The van der Waals surface area contributed by atoms with Crippen LogP contribution in [-0.4, -0.2) is 23.1 Å². The molecular weight excluding hydrogens is 256 g/mol. The van der Waals surface area contributed by atoms with Crippen LogP contribution in [0.4, 0.5) is 0 Å². The Morgan fingerprint density at radius 1 is 1.15 bits per heavy atom. The van der Waals surface area contributed by atoms with Crippen LogP contribution in [0.5, 0.6) is 0 Å². The lowest BCUT2D eigenvalue weighted by Crippen LogP contribution is -1.92. The summed E-state index contributed by atoms with van der Waals surface area (Å²) in [5.74, 6) is 0. The Hall–Kier alpha value is -0.110. The second-order valence-corrected chi connectivity index (χ2v) is 8.40. The van der Waals surface area contributed by atoms with Crippen molar-refractivity contribution in [2.45, 2.75) is 8.42 Å².